The topological polar surface area (TPSA) is 12.0 Å². The number of rotatable bonds is 3. The van der Waals surface area contributed by atoms with Crippen LogP contribution >= 0.6 is 22.9 Å². The lowest BCUT2D eigenvalue weighted by molar-refractivity contribution is 0.549. The number of nitrogens with one attached hydrogen (secondary N) is 1. The highest BCUT2D eigenvalue weighted by atomic mass is 35.5. The maximum atomic E-state index is 6.00. The standard InChI is InChI=1S/C15H16ClNS/c1-2-17-13-6-4-10-9-11(3-5-12(10)13)14-7-8-15(16)18-14/h3,5,7-9,13,17H,2,4,6H2,1H3. The smallest absolute Gasteiger partial charge is 0.0934 e. The first-order valence-electron chi connectivity index (χ1n) is 6.40. The summed E-state index contributed by atoms with van der Waals surface area (Å²) in [7, 11) is 0. The molecule has 2 aromatic rings. The Morgan fingerprint density at radius 2 is 2.22 bits per heavy atom. The molecule has 1 aliphatic carbocycles. The van der Waals surface area contributed by atoms with E-state index >= 15 is 0 Å². The van der Waals surface area contributed by atoms with Crippen LogP contribution in [-0.4, -0.2) is 6.54 Å². The van der Waals surface area contributed by atoms with Crippen molar-refractivity contribution in [1.82, 2.24) is 5.32 Å². The van der Waals surface area contributed by atoms with Crippen LogP contribution in [0.5, 0.6) is 0 Å². The summed E-state index contributed by atoms with van der Waals surface area (Å²) >= 11 is 7.65. The fourth-order valence-electron chi connectivity index (χ4n) is 2.70. The fourth-order valence-corrected chi connectivity index (χ4v) is 3.74. The molecule has 3 rings (SSSR count). The van der Waals surface area contributed by atoms with Crippen molar-refractivity contribution in [1.29, 1.82) is 0 Å². The molecule has 0 amide bonds. The van der Waals surface area contributed by atoms with Crippen molar-refractivity contribution < 1.29 is 0 Å². The van der Waals surface area contributed by atoms with Crippen molar-refractivity contribution in [3.8, 4) is 10.4 Å². The van der Waals surface area contributed by atoms with Gasteiger partial charge in [0.1, 0.15) is 0 Å². The molecule has 1 atom stereocenters. The lowest BCUT2D eigenvalue weighted by atomic mass is 10.0. The number of halogens is 1. The molecule has 1 aromatic heterocycles. The van der Waals surface area contributed by atoms with Gasteiger partial charge in [0.2, 0.25) is 0 Å². The summed E-state index contributed by atoms with van der Waals surface area (Å²) in [5, 5.41) is 3.55. The van der Waals surface area contributed by atoms with Gasteiger partial charge in [0, 0.05) is 10.9 Å². The Morgan fingerprint density at radius 3 is 2.94 bits per heavy atom. The van der Waals surface area contributed by atoms with Crippen LogP contribution < -0.4 is 5.32 Å². The van der Waals surface area contributed by atoms with Gasteiger partial charge in [0.25, 0.3) is 0 Å². The quantitative estimate of drug-likeness (QED) is 0.860. The van der Waals surface area contributed by atoms with E-state index in [1.807, 2.05) is 6.07 Å². The van der Waals surface area contributed by atoms with Crippen LogP contribution in [0.4, 0.5) is 0 Å². The van der Waals surface area contributed by atoms with E-state index in [1.165, 1.54) is 34.4 Å². The molecule has 0 aliphatic heterocycles. The fraction of sp³-hybridized carbons (Fsp3) is 0.333. The molecule has 1 aliphatic rings. The van der Waals surface area contributed by atoms with Crippen molar-refractivity contribution in [2.75, 3.05) is 6.54 Å². The van der Waals surface area contributed by atoms with Crippen molar-refractivity contribution in [3.05, 3.63) is 45.8 Å². The summed E-state index contributed by atoms with van der Waals surface area (Å²) in [6.07, 6.45) is 2.40. The minimum Gasteiger partial charge on any atom is -0.310 e. The van der Waals surface area contributed by atoms with Crippen molar-refractivity contribution in [3.63, 3.8) is 0 Å². The SMILES string of the molecule is CCNC1CCc2cc(-c3ccc(Cl)s3)ccc21. The molecule has 0 saturated carbocycles. The lowest BCUT2D eigenvalue weighted by Gasteiger charge is -2.12. The third kappa shape index (κ3) is 2.20. The van der Waals surface area contributed by atoms with Crippen LogP contribution in [0.3, 0.4) is 0 Å². The number of hydrogen-bond donors (Lipinski definition) is 1. The second-order valence-electron chi connectivity index (χ2n) is 4.67. The summed E-state index contributed by atoms with van der Waals surface area (Å²) in [4.78, 5) is 1.26. The highest BCUT2D eigenvalue weighted by Crippen LogP contribution is 2.36. The van der Waals surface area contributed by atoms with Gasteiger partial charge in [0.05, 0.1) is 4.34 Å². The zero-order chi connectivity index (χ0) is 12.5. The second kappa shape index (κ2) is 5.04. The minimum atomic E-state index is 0.547. The van der Waals surface area contributed by atoms with E-state index in [0.29, 0.717) is 6.04 Å². The van der Waals surface area contributed by atoms with E-state index in [4.69, 9.17) is 11.6 Å². The number of hydrogen-bond acceptors (Lipinski definition) is 2. The van der Waals surface area contributed by atoms with Crippen LogP contribution in [0.25, 0.3) is 10.4 Å². The van der Waals surface area contributed by atoms with E-state index in [-0.39, 0.29) is 0 Å². The number of benzene rings is 1. The van der Waals surface area contributed by atoms with Gasteiger partial charge >= 0.3 is 0 Å². The monoisotopic (exact) mass is 277 g/mol. The van der Waals surface area contributed by atoms with Gasteiger partial charge in [-0.1, -0.05) is 36.7 Å². The van der Waals surface area contributed by atoms with Gasteiger partial charge in [-0.15, -0.1) is 11.3 Å². The molecule has 1 heterocycles. The summed E-state index contributed by atoms with van der Waals surface area (Å²) in [6.45, 7) is 3.20. The summed E-state index contributed by atoms with van der Waals surface area (Å²) in [5.74, 6) is 0. The first-order chi connectivity index (χ1) is 8.78. The zero-order valence-electron chi connectivity index (χ0n) is 10.4. The Bertz CT molecular complexity index is 561. The number of fused-ring (bicyclic) bond motifs is 1. The molecule has 0 bridgehead atoms. The number of aryl methyl sites for hydroxylation is 1. The molecular weight excluding hydrogens is 262 g/mol. The molecule has 0 fully saturated rings. The molecule has 1 nitrogen and oxygen atoms in total. The molecule has 18 heavy (non-hydrogen) atoms. The van der Waals surface area contributed by atoms with Crippen molar-refractivity contribution in [2.24, 2.45) is 0 Å². The largest absolute Gasteiger partial charge is 0.310 e. The van der Waals surface area contributed by atoms with E-state index < -0.39 is 0 Å². The molecule has 1 aromatic carbocycles. The average molecular weight is 278 g/mol. The van der Waals surface area contributed by atoms with Crippen molar-refractivity contribution in [2.45, 2.75) is 25.8 Å². The summed E-state index contributed by atoms with van der Waals surface area (Å²) < 4.78 is 0.857. The van der Waals surface area contributed by atoms with Crippen LogP contribution in [0.1, 0.15) is 30.5 Å². The summed E-state index contributed by atoms with van der Waals surface area (Å²) in [5.41, 5.74) is 4.26. The molecule has 94 valence electrons. The van der Waals surface area contributed by atoms with Crippen LogP contribution in [-0.2, 0) is 6.42 Å². The predicted octanol–water partition coefficient (Wildman–Crippen LogP) is 4.67. The first kappa shape index (κ1) is 12.2. The van der Waals surface area contributed by atoms with Gasteiger partial charge in [-0.3, -0.25) is 0 Å². The third-order valence-electron chi connectivity index (χ3n) is 3.53. The normalized spacial score (nSPS) is 18.0. The highest BCUT2D eigenvalue weighted by Gasteiger charge is 2.21. The Hall–Kier alpha value is -0.830. The molecule has 3 heteroatoms. The van der Waals surface area contributed by atoms with Crippen LogP contribution in [0.2, 0.25) is 4.34 Å². The minimum absolute atomic E-state index is 0.547. The Labute approximate surface area is 117 Å². The van der Waals surface area contributed by atoms with Gasteiger partial charge in [-0.05, 0) is 48.2 Å². The van der Waals surface area contributed by atoms with Crippen LogP contribution in [0.15, 0.2) is 30.3 Å². The van der Waals surface area contributed by atoms with E-state index in [0.717, 1.165) is 10.9 Å². The third-order valence-corrected chi connectivity index (χ3v) is 4.81. The highest BCUT2D eigenvalue weighted by molar-refractivity contribution is 7.19. The zero-order valence-corrected chi connectivity index (χ0v) is 11.9. The average Bonchev–Trinajstić information content (AvgIpc) is 2.96. The Balaban J connectivity index is 1.93. The summed E-state index contributed by atoms with van der Waals surface area (Å²) in [6, 6.07) is 11.4. The van der Waals surface area contributed by atoms with Gasteiger partial charge in [0.15, 0.2) is 0 Å². The predicted molar refractivity (Wildman–Crippen MR) is 79.5 cm³/mol. The maximum Gasteiger partial charge on any atom is 0.0934 e. The Kier molecular flexibility index (Phi) is 3.42. The number of thiophene rings is 1. The van der Waals surface area contributed by atoms with E-state index in [2.05, 4.69) is 36.5 Å². The lowest BCUT2D eigenvalue weighted by Crippen LogP contribution is -2.18. The van der Waals surface area contributed by atoms with Gasteiger partial charge in [-0.25, -0.2) is 0 Å². The van der Waals surface area contributed by atoms with Gasteiger partial charge < -0.3 is 5.32 Å². The molecule has 0 radical (unpaired) electrons. The van der Waals surface area contributed by atoms with Gasteiger partial charge in [-0.2, -0.15) is 0 Å². The maximum absolute atomic E-state index is 6.00. The van der Waals surface area contributed by atoms with Crippen molar-refractivity contribution >= 4 is 22.9 Å². The molecular formula is C15H16ClNS. The Morgan fingerprint density at radius 1 is 1.33 bits per heavy atom. The molecule has 0 saturated heterocycles. The van der Waals surface area contributed by atoms with Crippen LogP contribution in [0, 0.1) is 0 Å². The molecule has 0 spiro atoms. The van der Waals surface area contributed by atoms with E-state index in [1.54, 1.807) is 11.3 Å². The molecule has 1 N–H and O–H groups in total. The first-order valence-corrected chi connectivity index (χ1v) is 7.59. The van der Waals surface area contributed by atoms with E-state index in [9.17, 15) is 0 Å². The second-order valence-corrected chi connectivity index (χ2v) is 6.38. The molecule has 1 unspecified atom stereocenters.